The topological polar surface area (TPSA) is 71.1 Å². The standard InChI is InChI=1S/C16H23N3O4/c1-3-23-16(21)17-15(20)12-18-8-10-19(11-9-18)13-6-4-5-7-14(13)22-2/h4-7H,3,8-12H2,1-2H3,(H,17,20,21). The number of methoxy groups -OCH3 is 1. The third kappa shape index (κ3) is 4.85. The summed E-state index contributed by atoms with van der Waals surface area (Å²) in [4.78, 5) is 27.2. The molecule has 1 aromatic rings. The molecule has 0 aliphatic carbocycles. The van der Waals surface area contributed by atoms with Crippen molar-refractivity contribution in [3.8, 4) is 5.75 Å². The van der Waals surface area contributed by atoms with Crippen LogP contribution in [0.4, 0.5) is 10.5 Å². The maximum absolute atomic E-state index is 11.8. The average molecular weight is 321 g/mol. The summed E-state index contributed by atoms with van der Waals surface area (Å²) in [5.74, 6) is 0.509. The molecule has 1 aliphatic rings. The molecule has 0 radical (unpaired) electrons. The SMILES string of the molecule is CCOC(=O)NC(=O)CN1CCN(c2ccccc2OC)CC1. The quantitative estimate of drug-likeness (QED) is 0.875. The van der Waals surface area contributed by atoms with Gasteiger partial charge < -0.3 is 14.4 Å². The first-order valence-electron chi connectivity index (χ1n) is 7.71. The van der Waals surface area contributed by atoms with Crippen molar-refractivity contribution in [2.75, 3.05) is 51.3 Å². The van der Waals surface area contributed by atoms with Gasteiger partial charge in [-0.25, -0.2) is 4.79 Å². The van der Waals surface area contributed by atoms with Crippen LogP contribution in [0.5, 0.6) is 5.75 Å². The van der Waals surface area contributed by atoms with Crippen LogP contribution in [-0.4, -0.2) is 63.3 Å². The Morgan fingerprint density at radius 3 is 2.52 bits per heavy atom. The number of imide groups is 1. The minimum atomic E-state index is -0.690. The van der Waals surface area contributed by atoms with E-state index < -0.39 is 6.09 Å². The van der Waals surface area contributed by atoms with Crippen molar-refractivity contribution in [3.63, 3.8) is 0 Å². The largest absolute Gasteiger partial charge is 0.495 e. The van der Waals surface area contributed by atoms with Gasteiger partial charge in [0.25, 0.3) is 0 Å². The van der Waals surface area contributed by atoms with Crippen molar-refractivity contribution >= 4 is 17.7 Å². The van der Waals surface area contributed by atoms with Gasteiger partial charge in [-0.3, -0.25) is 15.0 Å². The van der Waals surface area contributed by atoms with E-state index >= 15 is 0 Å². The van der Waals surface area contributed by atoms with Crippen molar-refractivity contribution in [3.05, 3.63) is 24.3 Å². The van der Waals surface area contributed by atoms with E-state index in [0.717, 1.165) is 37.6 Å². The lowest BCUT2D eigenvalue weighted by Crippen LogP contribution is -2.50. The maximum Gasteiger partial charge on any atom is 0.413 e. The fourth-order valence-corrected chi connectivity index (χ4v) is 2.56. The second kappa shape index (κ2) is 8.38. The molecule has 0 saturated carbocycles. The molecule has 7 nitrogen and oxygen atoms in total. The molecule has 0 atom stereocenters. The van der Waals surface area contributed by atoms with Crippen molar-refractivity contribution < 1.29 is 19.1 Å². The highest BCUT2D eigenvalue weighted by Gasteiger charge is 2.21. The van der Waals surface area contributed by atoms with Crippen LogP contribution in [0, 0.1) is 0 Å². The van der Waals surface area contributed by atoms with E-state index in [4.69, 9.17) is 9.47 Å². The predicted molar refractivity (Wildman–Crippen MR) is 86.8 cm³/mol. The number of amides is 2. The molecule has 1 fully saturated rings. The Hall–Kier alpha value is -2.28. The van der Waals surface area contributed by atoms with Crippen molar-refractivity contribution in [1.82, 2.24) is 10.2 Å². The highest BCUT2D eigenvalue weighted by Crippen LogP contribution is 2.28. The lowest BCUT2D eigenvalue weighted by molar-refractivity contribution is -0.121. The molecule has 0 bridgehead atoms. The fraction of sp³-hybridized carbons (Fsp3) is 0.500. The van der Waals surface area contributed by atoms with Crippen LogP contribution in [0.15, 0.2) is 24.3 Å². The van der Waals surface area contributed by atoms with Gasteiger partial charge in [0, 0.05) is 26.2 Å². The van der Waals surface area contributed by atoms with Gasteiger partial charge in [-0.15, -0.1) is 0 Å². The molecule has 1 N–H and O–H groups in total. The summed E-state index contributed by atoms with van der Waals surface area (Å²) in [5.41, 5.74) is 1.06. The fourth-order valence-electron chi connectivity index (χ4n) is 2.56. The number of rotatable bonds is 5. The number of piperazine rings is 1. The lowest BCUT2D eigenvalue weighted by atomic mass is 10.2. The van der Waals surface area contributed by atoms with Gasteiger partial charge >= 0.3 is 6.09 Å². The summed E-state index contributed by atoms with van der Waals surface area (Å²) >= 11 is 0. The Morgan fingerprint density at radius 1 is 1.17 bits per heavy atom. The summed E-state index contributed by atoms with van der Waals surface area (Å²) in [7, 11) is 1.66. The van der Waals surface area contributed by atoms with Crippen LogP contribution in [0.1, 0.15) is 6.92 Å². The minimum absolute atomic E-state index is 0.193. The first-order valence-corrected chi connectivity index (χ1v) is 7.71. The second-order valence-corrected chi connectivity index (χ2v) is 5.20. The van der Waals surface area contributed by atoms with E-state index in [1.807, 2.05) is 29.2 Å². The van der Waals surface area contributed by atoms with E-state index in [-0.39, 0.29) is 19.1 Å². The molecule has 1 heterocycles. The molecule has 23 heavy (non-hydrogen) atoms. The molecule has 2 rings (SSSR count). The molecule has 0 unspecified atom stereocenters. The Morgan fingerprint density at radius 2 is 1.87 bits per heavy atom. The zero-order valence-electron chi connectivity index (χ0n) is 13.6. The molecule has 1 aromatic carbocycles. The van der Waals surface area contributed by atoms with Gasteiger partial charge in [-0.05, 0) is 19.1 Å². The van der Waals surface area contributed by atoms with Crippen molar-refractivity contribution in [1.29, 1.82) is 0 Å². The van der Waals surface area contributed by atoms with Crippen LogP contribution in [0.3, 0.4) is 0 Å². The molecule has 7 heteroatoms. The van der Waals surface area contributed by atoms with Gasteiger partial charge in [-0.2, -0.15) is 0 Å². The van der Waals surface area contributed by atoms with Gasteiger partial charge in [0.1, 0.15) is 5.75 Å². The monoisotopic (exact) mass is 321 g/mol. The third-order valence-corrected chi connectivity index (χ3v) is 3.68. The molecule has 2 amide bonds. The number of benzene rings is 1. The Balaban J connectivity index is 1.82. The summed E-state index contributed by atoms with van der Waals surface area (Å²) in [6.07, 6.45) is -0.690. The Labute approximate surface area is 136 Å². The molecular weight excluding hydrogens is 298 g/mol. The highest BCUT2D eigenvalue weighted by atomic mass is 16.5. The highest BCUT2D eigenvalue weighted by molar-refractivity contribution is 5.92. The third-order valence-electron chi connectivity index (χ3n) is 3.68. The first kappa shape index (κ1) is 17.1. The normalized spacial score (nSPS) is 15.1. The van der Waals surface area contributed by atoms with E-state index in [0.29, 0.717) is 0 Å². The van der Waals surface area contributed by atoms with Gasteiger partial charge in [0.2, 0.25) is 5.91 Å². The smallest absolute Gasteiger partial charge is 0.413 e. The van der Waals surface area contributed by atoms with Crippen molar-refractivity contribution in [2.24, 2.45) is 0 Å². The number of anilines is 1. The van der Waals surface area contributed by atoms with Crippen LogP contribution in [0.25, 0.3) is 0 Å². The first-order chi connectivity index (χ1) is 11.1. The van der Waals surface area contributed by atoms with E-state index in [9.17, 15) is 9.59 Å². The van der Waals surface area contributed by atoms with Crippen molar-refractivity contribution in [2.45, 2.75) is 6.92 Å². The van der Waals surface area contributed by atoms with Crippen LogP contribution >= 0.6 is 0 Å². The summed E-state index contributed by atoms with van der Waals surface area (Å²) in [6, 6.07) is 7.89. The average Bonchev–Trinajstić information content (AvgIpc) is 2.55. The zero-order valence-corrected chi connectivity index (χ0v) is 13.6. The Kier molecular flexibility index (Phi) is 6.22. The van der Waals surface area contributed by atoms with E-state index in [1.54, 1.807) is 14.0 Å². The van der Waals surface area contributed by atoms with E-state index in [2.05, 4.69) is 10.2 Å². The van der Waals surface area contributed by atoms with E-state index in [1.165, 1.54) is 0 Å². The van der Waals surface area contributed by atoms with Crippen LogP contribution < -0.4 is 15.0 Å². The number of carbonyl (C=O) groups excluding carboxylic acids is 2. The number of carbonyl (C=O) groups is 2. The Bertz CT molecular complexity index is 542. The number of hydrogen-bond acceptors (Lipinski definition) is 6. The molecule has 0 spiro atoms. The molecule has 0 aromatic heterocycles. The molecule has 1 aliphatic heterocycles. The second-order valence-electron chi connectivity index (χ2n) is 5.20. The maximum atomic E-state index is 11.8. The molecule has 1 saturated heterocycles. The van der Waals surface area contributed by atoms with Gasteiger partial charge in [0.15, 0.2) is 0 Å². The number of nitrogens with zero attached hydrogens (tertiary/aromatic N) is 2. The van der Waals surface area contributed by atoms with Crippen LogP contribution in [0.2, 0.25) is 0 Å². The number of para-hydroxylation sites is 2. The zero-order chi connectivity index (χ0) is 16.7. The van der Waals surface area contributed by atoms with Crippen LogP contribution in [-0.2, 0) is 9.53 Å². The molecular formula is C16H23N3O4. The number of hydrogen-bond donors (Lipinski definition) is 1. The van der Waals surface area contributed by atoms with Gasteiger partial charge in [-0.1, -0.05) is 12.1 Å². The lowest BCUT2D eigenvalue weighted by Gasteiger charge is -2.36. The van der Waals surface area contributed by atoms with Gasteiger partial charge in [0.05, 0.1) is 25.9 Å². The minimum Gasteiger partial charge on any atom is -0.495 e. The number of ether oxygens (including phenoxy) is 2. The number of alkyl carbamates (subject to hydrolysis) is 1. The number of nitrogens with one attached hydrogen (secondary N) is 1. The summed E-state index contributed by atoms with van der Waals surface area (Å²) in [5, 5.41) is 2.21. The molecule has 126 valence electrons. The predicted octanol–water partition coefficient (Wildman–Crippen LogP) is 1.09. The summed E-state index contributed by atoms with van der Waals surface area (Å²) < 4.78 is 10.1. The summed E-state index contributed by atoms with van der Waals surface area (Å²) in [6.45, 7) is 5.22.